The van der Waals surface area contributed by atoms with Gasteiger partial charge in [0.1, 0.15) is 11.5 Å². The number of thiophene rings is 1. The van der Waals surface area contributed by atoms with Crippen LogP contribution in [0.3, 0.4) is 0 Å². The van der Waals surface area contributed by atoms with E-state index in [0.29, 0.717) is 5.02 Å². The summed E-state index contributed by atoms with van der Waals surface area (Å²) in [6, 6.07) is 18.0. The highest BCUT2D eigenvalue weighted by atomic mass is 35.5. The molecule has 2 aliphatic heterocycles. The molecule has 0 unspecified atom stereocenters. The van der Waals surface area contributed by atoms with E-state index in [1.807, 2.05) is 42.5 Å². The van der Waals surface area contributed by atoms with Gasteiger partial charge in [0.15, 0.2) is 0 Å². The third-order valence-electron chi connectivity index (χ3n) is 4.94. The summed E-state index contributed by atoms with van der Waals surface area (Å²) >= 11 is 7.98. The lowest BCUT2D eigenvalue weighted by Crippen LogP contribution is -2.33. The second kappa shape index (κ2) is 6.59. The van der Waals surface area contributed by atoms with Gasteiger partial charge in [0.2, 0.25) is 6.23 Å². The first-order chi connectivity index (χ1) is 13.2. The van der Waals surface area contributed by atoms with E-state index in [9.17, 15) is 0 Å². The van der Waals surface area contributed by atoms with Gasteiger partial charge >= 0.3 is 0 Å². The third-order valence-corrected chi connectivity index (χ3v) is 6.09. The van der Waals surface area contributed by atoms with E-state index in [1.165, 1.54) is 4.88 Å². The third kappa shape index (κ3) is 2.87. The minimum atomic E-state index is -0.309. The van der Waals surface area contributed by atoms with Gasteiger partial charge in [-0.3, -0.25) is 0 Å². The molecular formula is C21H17ClN2O2S. The smallest absolute Gasteiger partial charge is 0.214 e. The van der Waals surface area contributed by atoms with Crippen molar-refractivity contribution in [1.29, 1.82) is 0 Å². The van der Waals surface area contributed by atoms with Crippen LogP contribution in [0.25, 0.3) is 0 Å². The molecule has 3 heterocycles. The Morgan fingerprint density at radius 2 is 2.11 bits per heavy atom. The van der Waals surface area contributed by atoms with Crippen LogP contribution in [0.2, 0.25) is 5.02 Å². The molecule has 2 aromatic carbocycles. The van der Waals surface area contributed by atoms with Gasteiger partial charge in [-0.2, -0.15) is 5.10 Å². The van der Waals surface area contributed by atoms with Crippen molar-refractivity contribution in [3.8, 4) is 11.5 Å². The summed E-state index contributed by atoms with van der Waals surface area (Å²) in [5, 5.41) is 9.79. The summed E-state index contributed by atoms with van der Waals surface area (Å²) in [5.41, 5.74) is 3.17. The van der Waals surface area contributed by atoms with Gasteiger partial charge in [0, 0.05) is 22.6 Å². The molecule has 2 atom stereocenters. The molecule has 0 radical (unpaired) electrons. The van der Waals surface area contributed by atoms with E-state index in [4.69, 9.17) is 26.2 Å². The van der Waals surface area contributed by atoms with Crippen molar-refractivity contribution >= 4 is 28.6 Å². The monoisotopic (exact) mass is 396 g/mol. The molecular weight excluding hydrogens is 380 g/mol. The number of hydrogen-bond acceptors (Lipinski definition) is 5. The van der Waals surface area contributed by atoms with Crippen LogP contribution >= 0.6 is 22.9 Å². The molecule has 0 bridgehead atoms. The summed E-state index contributed by atoms with van der Waals surface area (Å²) in [6.07, 6.45) is 0.522. The zero-order valence-corrected chi connectivity index (χ0v) is 16.2. The Kier molecular flexibility index (Phi) is 4.06. The maximum Gasteiger partial charge on any atom is 0.214 e. The van der Waals surface area contributed by atoms with E-state index < -0.39 is 0 Å². The highest BCUT2D eigenvalue weighted by Gasteiger charge is 2.41. The summed E-state index contributed by atoms with van der Waals surface area (Å²) in [6.45, 7) is 0. The topological polar surface area (TPSA) is 34.1 Å². The predicted molar refractivity (Wildman–Crippen MR) is 108 cm³/mol. The fourth-order valence-corrected chi connectivity index (χ4v) is 4.57. The fraction of sp³-hybridized carbons (Fsp3) is 0.190. The van der Waals surface area contributed by atoms with E-state index >= 15 is 0 Å². The van der Waals surface area contributed by atoms with Crippen LogP contribution < -0.4 is 9.47 Å². The summed E-state index contributed by atoms with van der Waals surface area (Å²) in [7, 11) is 1.67. The number of methoxy groups -OCH3 is 1. The first kappa shape index (κ1) is 16.7. The van der Waals surface area contributed by atoms with E-state index in [-0.39, 0.29) is 12.3 Å². The highest BCUT2D eigenvalue weighted by molar-refractivity contribution is 7.12. The number of halogens is 1. The molecule has 0 aliphatic carbocycles. The lowest BCUT2D eigenvalue weighted by Gasteiger charge is -2.38. The number of nitrogens with zero attached hydrogens (tertiary/aromatic N) is 2. The van der Waals surface area contributed by atoms with Gasteiger partial charge in [0.05, 0.1) is 23.7 Å². The first-order valence-electron chi connectivity index (χ1n) is 8.72. The Bertz CT molecular complexity index is 1020. The van der Waals surface area contributed by atoms with Crippen molar-refractivity contribution in [3.05, 3.63) is 81.0 Å². The van der Waals surface area contributed by atoms with Crippen LogP contribution in [0.4, 0.5) is 0 Å². The van der Waals surface area contributed by atoms with Gasteiger partial charge in [-0.25, -0.2) is 5.01 Å². The minimum absolute atomic E-state index is 0.0979. The van der Waals surface area contributed by atoms with Crippen molar-refractivity contribution < 1.29 is 9.47 Å². The Hall–Kier alpha value is -2.50. The van der Waals surface area contributed by atoms with Gasteiger partial charge in [-0.1, -0.05) is 29.8 Å². The van der Waals surface area contributed by atoms with Crippen LogP contribution in [0, 0.1) is 0 Å². The Labute approximate surface area is 166 Å². The lowest BCUT2D eigenvalue weighted by molar-refractivity contribution is -0.0191. The van der Waals surface area contributed by atoms with Gasteiger partial charge in [0.25, 0.3) is 0 Å². The fourth-order valence-electron chi connectivity index (χ4n) is 3.66. The SMILES string of the molecule is COc1cccc([C@@H]2Oc3ccc(Cl)cc3[C@H]3CC(c4cccs4)=NN32)c1. The van der Waals surface area contributed by atoms with Crippen molar-refractivity contribution in [2.45, 2.75) is 18.7 Å². The van der Waals surface area contributed by atoms with E-state index in [1.54, 1.807) is 18.4 Å². The van der Waals surface area contributed by atoms with Crippen molar-refractivity contribution in [3.63, 3.8) is 0 Å². The van der Waals surface area contributed by atoms with Crippen molar-refractivity contribution in [1.82, 2.24) is 5.01 Å². The van der Waals surface area contributed by atoms with Gasteiger partial charge < -0.3 is 9.47 Å². The summed E-state index contributed by atoms with van der Waals surface area (Å²) in [5.74, 6) is 1.66. The molecule has 4 nitrogen and oxygen atoms in total. The number of benzene rings is 2. The number of rotatable bonds is 3. The second-order valence-electron chi connectivity index (χ2n) is 6.55. The number of fused-ring (bicyclic) bond motifs is 3. The number of hydrazone groups is 1. The largest absolute Gasteiger partial charge is 0.497 e. The summed E-state index contributed by atoms with van der Waals surface area (Å²) in [4.78, 5) is 1.19. The minimum Gasteiger partial charge on any atom is -0.497 e. The van der Waals surface area contributed by atoms with Gasteiger partial charge in [-0.15, -0.1) is 11.3 Å². The average Bonchev–Trinajstić information content (AvgIpc) is 3.37. The van der Waals surface area contributed by atoms with Gasteiger partial charge in [-0.05, 0) is 41.8 Å². The highest BCUT2D eigenvalue weighted by Crippen LogP contribution is 2.48. The molecule has 27 heavy (non-hydrogen) atoms. The first-order valence-corrected chi connectivity index (χ1v) is 9.98. The zero-order chi connectivity index (χ0) is 18.4. The van der Waals surface area contributed by atoms with Crippen LogP contribution in [0.15, 0.2) is 65.1 Å². The maximum atomic E-state index is 6.36. The molecule has 0 fully saturated rings. The van der Waals surface area contributed by atoms with Crippen LogP contribution in [0.1, 0.15) is 34.7 Å². The van der Waals surface area contributed by atoms with Crippen LogP contribution in [-0.4, -0.2) is 17.8 Å². The Balaban J connectivity index is 1.61. The van der Waals surface area contributed by atoms with Crippen molar-refractivity contribution in [2.24, 2.45) is 5.10 Å². The predicted octanol–water partition coefficient (Wildman–Crippen LogP) is 5.65. The molecule has 0 N–H and O–H groups in total. The molecule has 0 spiro atoms. The van der Waals surface area contributed by atoms with Crippen molar-refractivity contribution in [2.75, 3.05) is 7.11 Å². The lowest BCUT2D eigenvalue weighted by atomic mass is 9.97. The molecule has 0 saturated carbocycles. The van der Waals surface area contributed by atoms with E-state index in [2.05, 4.69) is 22.5 Å². The average molecular weight is 397 g/mol. The van der Waals surface area contributed by atoms with Crippen LogP contribution in [0.5, 0.6) is 11.5 Å². The molecule has 0 amide bonds. The second-order valence-corrected chi connectivity index (χ2v) is 7.94. The standard InChI is InChI=1S/C21H17ClN2O2S/c1-25-15-5-2-4-13(10-15)21-24-18(12-17(23-24)20-6-3-9-27-20)16-11-14(22)7-8-19(16)26-21/h2-11,18,21H,12H2,1H3/t18-,21+/m1/s1. The molecule has 136 valence electrons. The Morgan fingerprint density at radius 3 is 2.93 bits per heavy atom. The molecule has 0 saturated heterocycles. The molecule has 6 heteroatoms. The molecule has 5 rings (SSSR count). The molecule has 3 aromatic rings. The van der Waals surface area contributed by atoms with Crippen LogP contribution in [-0.2, 0) is 0 Å². The quantitative estimate of drug-likeness (QED) is 0.573. The summed E-state index contributed by atoms with van der Waals surface area (Å²) < 4.78 is 11.8. The number of hydrogen-bond donors (Lipinski definition) is 0. The number of ether oxygens (including phenoxy) is 2. The maximum absolute atomic E-state index is 6.36. The van der Waals surface area contributed by atoms with E-state index in [0.717, 1.165) is 34.8 Å². The Morgan fingerprint density at radius 1 is 1.19 bits per heavy atom. The molecule has 1 aromatic heterocycles. The molecule has 2 aliphatic rings. The normalized spacial score (nSPS) is 20.5. The zero-order valence-electron chi connectivity index (χ0n) is 14.6.